The van der Waals surface area contributed by atoms with Crippen LogP contribution in [0.2, 0.25) is 0 Å². The smallest absolute Gasteiger partial charge is 0.416 e. The Morgan fingerprint density at radius 2 is 1.77 bits per heavy atom. The second kappa shape index (κ2) is 10.5. The van der Waals surface area contributed by atoms with Crippen LogP contribution in [0.25, 0.3) is 6.08 Å². The van der Waals surface area contributed by atoms with Crippen molar-refractivity contribution >= 4 is 23.6 Å². The summed E-state index contributed by atoms with van der Waals surface area (Å²) in [6.45, 7) is 5.08. The summed E-state index contributed by atoms with van der Waals surface area (Å²) < 4.78 is 51.5. The zero-order valence-corrected chi connectivity index (χ0v) is 19.3. The number of benzene rings is 2. The summed E-state index contributed by atoms with van der Waals surface area (Å²) in [5.74, 6) is -1.11. The first-order chi connectivity index (χ1) is 16.5. The predicted molar refractivity (Wildman–Crippen MR) is 124 cm³/mol. The highest BCUT2D eigenvalue weighted by molar-refractivity contribution is 6.05. The number of anilines is 1. The molecule has 3 rings (SSSR count). The molecular weight excluding hydrogens is 463 g/mol. The van der Waals surface area contributed by atoms with Crippen molar-refractivity contribution in [2.45, 2.75) is 39.6 Å². The molecule has 184 valence electrons. The summed E-state index contributed by atoms with van der Waals surface area (Å²) >= 11 is 0. The van der Waals surface area contributed by atoms with E-state index >= 15 is 0 Å². The Balaban J connectivity index is 1.94. The highest BCUT2D eigenvalue weighted by atomic mass is 19.4. The van der Waals surface area contributed by atoms with Crippen LogP contribution in [0.3, 0.4) is 0 Å². The number of aryl methyl sites for hydroxylation is 1. The third kappa shape index (κ3) is 6.53. The topological polar surface area (TPSA) is 80.0 Å². The zero-order valence-electron chi connectivity index (χ0n) is 19.3. The van der Waals surface area contributed by atoms with Gasteiger partial charge in [-0.1, -0.05) is 24.3 Å². The summed E-state index contributed by atoms with van der Waals surface area (Å²) in [5.41, 5.74) is 0.551. The van der Waals surface area contributed by atoms with Crippen LogP contribution < -0.4 is 9.64 Å². The molecule has 0 atom stereocenters. The van der Waals surface area contributed by atoms with Gasteiger partial charge in [0.15, 0.2) is 5.76 Å². The van der Waals surface area contributed by atoms with Crippen LogP contribution in [0.4, 0.5) is 18.9 Å². The number of rotatable bonds is 8. The maximum absolute atomic E-state index is 13.4. The van der Waals surface area contributed by atoms with E-state index in [0.29, 0.717) is 16.9 Å². The lowest BCUT2D eigenvalue weighted by Gasteiger charge is -2.28. The Hall–Kier alpha value is -4.01. The van der Waals surface area contributed by atoms with E-state index in [1.165, 1.54) is 23.1 Å². The number of aliphatic carboxylic acids is 1. The van der Waals surface area contributed by atoms with Gasteiger partial charge in [0.2, 0.25) is 0 Å². The third-order valence-corrected chi connectivity index (χ3v) is 5.03. The zero-order chi connectivity index (χ0) is 25.8. The Morgan fingerprint density at radius 3 is 2.31 bits per heavy atom. The fourth-order valence-electron chi connectivity index (χ4n) is 3.35. The maximum atomic E-state index is 13.4. The average molecular weight is 487 g/mol. The minimum Gasteiger partial charge on any atom is -0.487 e. The maximum Gasteiger partial charge on any atom is 0.416 e. The standard InChI is InChI=1S/C26H24F3NO5/c1-16(2)30(25(33)22-12-4-17(3)35-22)21-11-10-20(26(27,28)29)14-23(21)34-15-19-7-5-18(6-8-19)9-13-24(31)32/h4-14,16H,15H2,1-3H3,(H,31,32). The number of alkyl halides is 3. The lowest BCUT2D eigenvalue weighted by Crippen LogP contribution is -2.37. The lowest BCUT2D eigenvalue weighted by atomic mass is 10.1. The summed E-state index contributed by atoms with van der Waals surface area (Å²) in [5, 5.41) is 8.72. The molecule has 0 aliphatic heterocycles. The van der Waals surface area contributed by atoms with Gasteiger partial charge in [-0.15, -0.1) is 0 Å². The van der Waals surface area contributed by atoms with E-state index in [9.17, 15) is 22.8 Å². The third-order valence-electron chi connectivity index (χ3n) is 5.03. The fraction of sp³-hybridized carbons (Fsp3) is 0.231. The molecule has 9 heteroatoms. The number of hydrogen-bond donors (Lipinski definition) is 1. The van der Waals surface area contributed by atoms with Crippen molar-refractivity contribution in [2.24, 2.45) is 0 Å². The second-order valence-electron chi connectivity index (χ2n) is 8.06. The van der Waals surface area contributed by atoms with Crippen LogP contribution in [0.5, 0.6) is 5.75 Å². The molecular formula is C26H24F3NO5. The minimum absolute atomic E-state index is 0.0621. The molecule has 6 nitrogen and oxygen atoms in total. The van der Waals surface area contributed by atoms with E-state index in [-0.39, 0.29) is 23.8 Å². The Bertz CT molecular complexity index is 1230. The van der Waals surface area contributed by atoms with Crippen LogP contribution in [-0.2, 0) is 17.6 Å². The van der Waals surface area contributed by atoms with E-state index < -0.39 is 29.7 Å². The van der Waals surface area contributed by atoms with Gasteiger partial charge in [-0.25, -0.2) is 4.79 Å². The summed E-state index contributed by atoms with van der Waals surface area (Å²) in [6.07, 6.45) is -2.18. The molecule has 1 aromatic heterocycles. The van der Waals surface area contributed by atoms with Crippen LogP contribution in [-0.4, -0.2) is 23.0 Å². The van der Waals surface area contributed by atoms with Crippen molar-refractivity contribution in [1.29, 1.82) is 0 Å². The molecule has 1 N–H and O–H groups in total. The number of amides is 1. The fourth-order valence-corrected chi connectivity index (χ4v) is 3.35. The number of ether oxygens (including phenoxy) is 1. The van der Waals surface area contributed by atoms with Crippen LogP contribution in [0.1, 0.15) is 46.9 Å². The van der Waals surface area contributed by atoms with E-state index in [2.05, 4.69) is 0 Å². The molecule has 0 saturated heterocycles. The molecule has 0 saturated carbocycles. The normalized spacial score (nSPS) is 11.7. The highest BCUT2D eigenvalue weighted by Crippen LogP contribution is 2.38. The van der Waals surface area contributed by atoms with E-state index in [1.54, 1.807) is 51.1 Å². The number of carbonyl (C=O) groups excluding carboxylic acids is 1. The van der Waals surface area contributed by atoms with Crippen LogP contribution in [0, 0.1) is 6.92 Å². The molecule has 0 spiro atoms. The molecule has 1 amide bonds. The molecule has 0 aliphatic carbocycles. The first-order valence-corrected chi connectivity index (χ1v) is 10.7. The molecule has 0 radical (unpaired) electrons. The Labute approximate surface area is 200 Å². The van der Waals surface area contributed by atoms with Gasteiger partial charge in [0.1, 0.15) is 18.1 Å². The number of hydrogen-bond acceptors (Lipinski definition) is 4. The molecule has 35 heavy (non-hydrogen) atoms. The van der Waals surface area contributed by atoms with Gasteiger partial charge >= 0.3 is 12.1 Å². The Kier molecular flexibility index (Phi) is 7.68. The van der Waals surface area contributed by atoms with Gasteiger partial charge in [-0.05, 0) is 68.3 Å². The quantitative estimate of drug-likeness (QED) is 0.375. The number of nitrogens with zero attached hydrogens (tertiary/aromatic N) is 1. The van der Waals surface area contributed by atoms with Gasteiger partial charge in [-0.2, -0.15) is 13.2 Å². The van der Waals surface area contributed by atoms with Crippen molar-refractivity contribution in [3.8, 4) is 5.75 Å². The average Bonchev–Trinajstić information content (AvgIpc) is 3.23. The first kappa shape index (κ1) is 25.6. The summed E-state index contributed by atoms with van der Waals surface area (Å²) in [7, 11) is 0. The van der Waals surface area contributed by atoms with E-state index in [1.807, 2.05) is 0 Å². The highest BCUT2D eigenvalue weighted by Gasteiger charge is 2.33. The lowest BCUT2D eigenvalue weighted by molar-refractivity contribution is -0.137. The monoisotopic (exact) mass is 487 g/mol. The van der Waals surface area contributed by atoms with Crippen LogP contribution in [0.15, 0.2) is 65.1 Å². The number of carbonyl (C=O) groups is 2. The predicted octanol–water partition coefficient (Wildman–Crippen LogP) is 6.34. The van der Waals surface area contributed by atoms with Crippen molar-refractivity contribution in [1.82, 2.24) is 0 Å². The largest absolute Gasteiger partial charge is 0.487 e. The van der Waals surface area contributed by atoms with Crippen molar-refractivity contribution in [3.63, 3.8) is 0 Å². The van der Waals surface area contributed by atoms with Gasteiger partial charge in [0.25, 0.3) is 5.91 Å². The Morgan fingerprint density at radius 1 is 1.09 bits per heavy atom. The number of carboxylic acid groups (broad SMARTS) is 1. The van der Waals surface area contributed by atoms with E-state index in [0.717, 1.165) is 18.2 Å². The molecule has 0 bridgehead atoms. The first-order valence-electron chi connectivity index (χ1n) is 10.7. The summed E-state index contributed by atoms with van der Waals surface area (Å²) in [6, 6.07) is 12.4. The minimum atomic E-state index is -4.60. The van der Waals surface area contributed by atoms with Crippen molar-refractivity contribution in [3.05, 3.63) is 88.9 Å². The number of carboxylic acids is 1. The SMILES string of the molecule is Cc1ccc(C(=O)N(c2ccc(C(F)(F)F)cc2OCc2ccc(C=CC(=O)O)cc2)C(C)C)o1. The summed E-state index contributed by atoms with van der Waals surface area (Å²) in [4.78, 5) is 25.1. The molecule has 2 aromatic carbocycles. The molecule has 0 fully saturated rings. The van der Waals surface area contributed by atoms with Gasteiger partial charge in [0.05, 0.1) is 11.3 Å². The number of furan rings is 1. The van der Waals surface area contributed by atoms with Gasteiger partial charge < -0.3 is 14.3 Å². The molecule has 3 aromatic rings. The van der Waals surface area contributed by atoms with Gasteiger partial charge in [0, 0.05) is 12.1 Å². The number of halogens is 3. The molecule has 1 heterocycles. The van der Waals surface area contributed by atoms with Crippen molar-refractivity contribution < 1.29 is 37.0 Å². The second-order valence-corrected chi connectivity index (χ2v) is 8.06. The van der Waals surface area contributed by atoms with Crippen LogP contribution >= 0.6 is 0 Å². The van der Waals surface area contributed by atoms with Gasteiger partial charge in [-0.3, -0.25) is 9.69 Å². The van der Waals surface area contributed by atoms with Crippen molar-refractivity contribution in [2.75, 3.05) is 4.90 Å². The molecule has 0 aliphatic rings. The molecule has 0 unspecified atom stereocenters. The van der Waals surface area contributed by atoms with E-state index in [4.69, 9.17) is 14.3 Å².